The number of benzene rings is 1. The molecule has 0 aromatic heterocycles. The summed E-state index contributed by atoms with van der Waals surface area (Å²) in [4.78, 5) is 15.0. The molecule has 2 atom stereocenters. The highest BCUT2D eigenvalue weighted by Gasteiger charge is 2.28. The van der Waals surface area contributed by atoms with Crippen molar-refractivity contribution in [3.8, 4) is 0 Å². The lowest BCUT2D eigenvalue weighted by molar-refractivity contribution is -0.119. The number of carbonyl (C=O) groups excluding carboxylic acids is 1. The number of carbonyl (C=O) groups is 1. The Morgan fingerprint density at radius 1 is 1.35 bits per heavy atom. The first kappa shape index (κ1) is 16.5. The van der Waals surface area contributed by atoms with Gasteiger partial charge in [0.2, 0.25) is 5.91 Å². The molecule has 0 aliphatic carbocycles. The molecule has 1 saturated heterocycles. The molecule has 2 heterocycles. The van der Waals surface area contributed by atoms with Crippen LogP contribution in [0.1, 0.15) is 49.3 Å². The Hall–Kier alpha value is -1.35. The van der Waals surface area contributed by atoms with Gasteiger partial charge in [0.15, 0.2) is 0 Å². The number of nitrogens with one attached hydrogen (secondary N) is 1. The maximum absolute atomic E-state index is 12.9. The van der Waals surface area contributed by atoms with E-state index in [1.54, 1.807) is 0 Å². The summed E-state index contributed by atoms with van der Waals surface area (Å²) in [5.74, 6) is 1.43. The van der Waals surface area contributed by atoms with E-state index in [1.165, 1.54) is 35.2 Å². The van der Waals surface area contributed by atoms with Gasteiger partial charge in [0.05, 0.1) is 0 Å². The molecule has 1 fully saturated rings. The summed E-state index contributed by atoms with van der Waals surface area (Å²) in [5.41, 5.74) is 5.14. The number of anilines is 1. The van der Waals surface area contributed by atoms with Gasteiger partial charge in [0.1, 0.15) is 0 Å². The first-order valence-corrected chi connectivity index (χ1v) is 9.17. The zero-order valence-corrected chi connectivity index (χ0v) is 14.8. The summed E-state index contributed by atoms with van der Waals surface area (Å²) in [7, 11) is 0. The monoisotopic (exact) mass is 314 g/mol. The Morgan fingerprint density at radius 3 is 2.91 bits per heavy atom. The van der Waals surface area contributed by atoms with Gasteiger partial charge in [-0.3, -0.25) is 4.79 Å². The minimum atomic E-state index is 0.314. The van der Waals surface area contributed by atoms with E-state index in [9.17, 15) is 4.79 Å². The summed E-state index contributed by atoms with van der Waals surface area (Å²) in [6.07, 6.45) is 5.37. The van der Waals surface area contributed by atoms with Crippen molar-refractivity contribution in [1.82, 2.24) is 5.32 Å². The molecule has 0 radical (unpaired) electrons. The van der Waals surface area contributed by atoms with Gasteiger partial charge in [-0.1, -0.05) is 13.0 Å². The molecule has 3 heteroatoms. The maximum atomic E-state index is 12.9. The van der Waals surface area contributed by atoms with Crippen LogP contribution in [-0.4, -0.2) is 25.5 Å². The molecular weight excluding hydrogens is 284 g/mol. The minimum Gasteiger partial charge on any atom is -0.316 e. The molecule has 3 nitrogen and oxygen atoms in total. The molecule has 2 aliphatic heterocycles. The average molecular weight is 314 g/mol. The number of hydrogen-bond donors (Lipinski definition) is 1. The van der Waals surface area contributed by atoms with Crippen molar-refractivity contribution in [3.63, 3.8) is 0 Å². The molecule has 1 N–H and O–H groups in total. The predicted molar refractivity (Wildman–Crippen MR) is 96.0 cm³/mol. The molecule has 2 aliphatic rings. The Kier molecular flexibility index (Phi) is 5.05. The van der Waals surface area contributed by atoms with Gasteiger partial charge in [0, 0.05) is 18.7 Å². The fraction of sp³-hybridized carbons (Fsp3) is 0.650. The Morgan fingerprint density at radius 2 is 2.17 bits per heavy atom. The molecule has 1 amide bonds. The van der Waals surface area contributed by atoms with E-state index in [0.29, 0.717) is 24.2 Å². The summed E-state index contributed by atoms with van der Waals surface area (Å²) >= 11 is 0. The minimum absolute atomic E-state index is 0.314. The van der Waals surface area contributed by atoms with E-state index < -0.39 is 0 Å². The second-order valence-corrected chi connectivity index (χ2v) is 7.52. The Labute approximate surface area is 140 Å². The topological polar surface area (TPSA) is 32.3 Å². The van der Waals surface area contributed by atoms with Crippen LogP contribution >= 0.6 is 0 Å². The molecule has 0 saturated carbocycles. The fourth-order valence-corrected chi connectivity index (χ4v) is 4.25. The molecule has 3 rings (SSSR count). The number of amides is 1. The van der Waals surface area contributed by atoms with Gasteiger partial charge < -0.3 is 10.2 Å². The quantitative estimate of drug-likeness (QED) is 0.924. The molecular formula is C20H30N2O. The molecule has 23 heavy (non-hydrogen) atoms. The number of rotatable bonds is 3. The summed E-state index contributed by atoms with van der Waals surface area (Å²) < 4.78 is 0. The second-order valence-electron chi connectivity index (χ2n) is 7.52. The van der Waals surface area contributed by atoms with Crippen LogP contribution in [0, 0.1) is 25.7 Å². The Balaban J connectivity index is 1.73. The van der Waals surface area contributed by atoms with Crippen LogP contribution in [0.15, 0.2) is 12.1 Å². The molecule has 0 spiro atoms. The van der Waals surface area contributed by atoms with Crippen LogP contribution in [0.5, 0.6) is 0 Å². The normalized spacial score (nSPS) is 22.6. The van der Waals surface area contributed by atoms with E-state index in [0.717, 1.165) is 32.5 Å². The van der Waals surface area contributed by atoms with Crippen molar-refractivity contribution in [2.24, 2.45) is 11.8 Å². The average Bonchev–Trinajstić information content (AvgIpc) is 2.55. The zero-order chi connectivity index (χ0) is 16.4. The third-order valence-electron chi connectivity index (χ3n) is 5.63. The predicted octanol–water partition coefficient (Wildman–Crippen LogP) is 3.61. The van der Waals surface area contributed by atoms with Crippen LogP contribution in [0.2, 0.25) is 0 Å². The summed E-state index contributed by atoms with van der Waals surface area (Å²) in [5, 5.41) is 3.47. The van der Waals surface area contributed by atoms with E-state index in [2.05, 4.69) is 43.1 Å². The van der Waals surface area contributed by atoms with E-state index >= 15 is 0 Å². The van der Waals surface area contributed by atoms with Crippen LogP contribution < -0.4 is 10.2 Å². The first-order valence-electron chi connectivity index (χ1n) is 9.17. The van der Waals surface area contributed by atoms with Gasteiger partial charge in [-0.05, 0) is 87.2 Å². The summed E-state index contributed by atoms with van der Waals surface area (Å²) in [6.45, 7) is 9.64. The molecule has 0 bridgehead atoms. The highest BCUT2D eigenvalue weighted by atomic mass is 16.2. The first-order chi connectivity index (χ1) is 11.1. The largest absolute Gasteiger partial charge is 0.316 e. The van der Waals surface area contributed by atoms with E-state index in [4.69, 9.17) is 0 Å². The van der Waals surface area contributed by atoms with Crippen molar-refractivity contribution in [2.75, 3.05) is 24.5 Å². The van der Waals surface area contributed by atoms with Crippen molar-refractivity contribution in [3.05, 3.63) is 28.8 Å². The van der Waals surface area contributed by atoms with E-state index in [-0.39, 0.29) is 0 Å². The molecule has 1 aromatic carbocycles. The van der Waals surface area contributed by atoms with Crippen molar-refractivity contribution >= 4 is 11.6 Å². The third-order valence-corrected chi connectivity index (χ3v) is 5.63. The lowest BCUT2D eigenvalue weighted by Crippen LogP contribution is -2.39. The number of aryl methyl sites for hydroxylation is 2. The maximum Gasteiger partial charge on any atom is 0.227 e. The van der Waals surface area contributed by atoms with Gasteiger partial charge in [-0.2, -0.15) is 0 Å². The van der Waals surface area contributed by atoms with Crippen molar-refractivity contribution < 1.29 is 4.79 Å². The lowest BCUT2D eigenvalue weighted by Gasteiger charge is -2.33. The van der Waals surface area contributed by atoms with Crippen molar-refractivity contribution in [2.45, 2.75) is 52.9 Å². The van der Waals surface area contributed by atoms with Gasteiger partial charge in [-0.25, -0.2) is 0 Å². The standard InChI is InChI=1S/C20H30N2O/c1-14-10-16(3)18-7-5-9-22(19(18)11-14)20(23)12-15(2)17-6-4-8-21-13-17/h10-11,15,17,21H,4-9,12-13H2,1-3H3. The van der Waals surface area contributed by atoms with Crippen molar-refractivity contribution in [1.29, 1.82) is 0 Å². The van der Waals surface area contributed by atoms with Crippen LogP contribution in [-0.2, 0) is 11.2 Å². The zero-order valence-electron chi connectivity index (χ0n) is 14.8. The Bertz CT molecular complexity index is 575. The smallest absolute Gasteiger partial charge is 0.227 e. The van der Waals surface area contributed by atoms with Gasteiger partial charge >= 0.3 is 0 Å². The second kappa shape index (κ2) is 7.04. The third kappa shape index (κ3) is 3.60. The van der Waals surface area contributed by atoms with Crippen LogP contribution in [0.25, 0.3) is 0 Å². The van der Waals surface area contributed by atoms with E-state index in [1.807, 2.05) is 0 Å². The molecule has 1 aromatic rings. The van der Waals surface area contributed by atoms with Crippen LogP contribution in [0.3, 0.4) is 0 Å². The molecule has 126 valence electrons. The summed E-state index contributed by atoms with van der Waals surface area (Å²) in [6, 6.07) is 4.44. The number of fused-ring (bicyclic) bond motifs is 1. The fourth-order valence-electron chi connectivity index (χ4n) is 4.25. The highest BCUT2D eigenvalue weighted by molar-refractivity contribution is 5.95. The molecule has 2 unspecified atom stereocenters. The van der Waals surface area contributed by atoms with Gasteiger partial charge in [0.25, 0.3) is 0 Å². The number of nitrogens with zero attached hydrogens (tertiary/aromatic N) is 1. The number of hydrogen-bond acceptors (Lipinski definition) is 2. The highest BCUT2D eigenvalue weighted by Crippen LogP contribution is 2.32. The number of piperidine rings is 1. The SMILES string of the molecule is Cc1cc(C)c2c(c1)N(C(=O)CC(C)C1CCCNC1)CCC2. The van der Waals surface area contributed by atoms with Gasteiger partial charge in [-0.15, -0.1) is 0 Å². The lowest BCUT2D eigenvalue weighted by atomic mass is 9.85. The van der Waals surface area contributed by atoms with Crippen LogP contribution in [0.4, 0.5) is 5.69 Å².